The zero-order chi connectivity index (χ0) is 11.5. The second kappa shape index (κ2) is 4.67. The molecular formula is C11H17N3O2. The maximum absolute atomic E-state index is 12.1. The van der Waals surface area contributed by atoms with Gasteiger partial charge in [0.15, 0.2) is 5.76 Å². The molecule has 0 radical (unpaired) electrons. The van der Waals surface area contributed by atoms with E-state index in [0.29, 0.717) is 18.8 Å². The molecule has 0 saturated carbocycles. The second-order valence-electron chi connectivity index (χ2n) is 4.13. The van der Waals surface area contributed by atoms with Crippen LogP contribution in [0.3, 0.4) is 0 Å². The molecule has 16 heavy (non-hydrogen) atoms. The predicted octanol–water partition coefficient (Wildman–Crippen LogP) is -0.00550. The summed E-state index contributed by atoms with van der Waals surface area (Å²) in [6, 6.07) is 3.49. The molecule has 2 heterocycles. The van der Waals surface area contributed by atoms with Gasteiger partial charge in [0.2, 0.25) is 0 Å². The Morgan fingerprint density at radius 1 is 1.62 bits per heavy atom. The zero-order valence-corrected chi connectivity index (χ0v) is 9.43. The number of nitrogens with two attached hydrogens (primary N) is 1. The van der Waals surface area contributed by atoms with Crippen molar-refractivity contribution >= 4 is 5.91 Å². The molecule has 1 unspecified atom stereocenters. The lowest BCUT2D eigenvalue weighted by molar-refractivity contribution is 0.0485. The number of rotatable bonds is 2. The fourth-order valence-corrected chi connectivity index (χ4v) is 2.02. The third-order valence-corrected chi connectivity index (χ3v) is 2.95. The molecule has 1 amide bonds. The maximum Gasteiger partial charge on any atom is 0.289 e. The highest BCUT2D eigenvalue weighted by atomic mass is 16.3. The molecule has 1 aromatic heterocycles. The number of amides is 1. The number of nitrogens with zero attached hydrogens (tertiary/aromatic N) is 2. The van der Waals surface area contributed by atoms with Crippen LogP contribution in [0.15, 0.2) is 22.8 Å². The summed E-state index contributed by atoms with van der Waals surface area (Å²) in [6.07, 6.45) is 1.51. The molecule has 88 valence electrons. The van der Waals surface area contributed by atoms with Crippen LogP contribution in [0.2, 0.25) is 0 Å². The summed E-state index contributed by atoms with van der Waals surface area (Å²) < 4.78 is 5.12. The van der Waals surface area contributed by atoms with Gasteiger partial charge in [0, 0.05) is 26.2 Å². The minimum absolute atomic E-state index is 0.0615. The second-order valence-corrected chi connectivity index (χ2v) is 4.13. The molecule has 1 aliphatic heterocycles. The molecule has 5 heteroatoms. The van der Waals surface area contributed by atoms with E-state index in [1.54, 1.807) is 17.0 Å². The summed E-state index contributed by atoms with van der Waals surface area (Å²) in [4.78, 5) is 16.1. The van der Waals surface area contributed by atoms with E-state index < -0.39 is 0 Å². The first kappa shape index (κ1) is 11.2. The highest BCUT2D eigenvalue weighted by molar-refractivity contribution is 5.91. The van der Waals surface area contributed by atoms with Gasteiger partial charge in [0.05, 0.1) is 12.3 Å². The topological polar surface area (TPSA) is 62.7 Å². The number of likely N-dealkylation sites (N-methyl/N-ethyl adjacent to an activating group) is 1. The van der Waals surface area contributed by atoms with Crippen LogP contribution in [-0.4, -0.2) is 55.0 Å². The molecular weight excluding hydrogens is 206 g/mol. The summed E-state index contributed by atoms with van der Waals surface area (Å²) in [5, 5.41) is 0. The molecule has 0 aliphatic carbocycles. The average molecular weight is 223 g/mol. The van der Waals surface area contributed by atoms with Crippen LogP contribution in [0.25, 0.3) is 0 Å². The maximum atomic E-state index is 12.1. The van der Waals surface area contributed by atoms with Crippen LogP contribution in [-0.2, 0) is 0 Å². The van der Waals surface area contributed by atoms with Gasteiger partial charge in [-0.3, -0.25) is 4.79 Å². The minimum atomic E-state index is -0.0615. The molecule has 1 aliphatic rings. The quantitative estimate of drug-likeness (QED) is 0.766. The summed E-state index contributed by atoms with van der Waals surface area (Å²) in [5.74, 6) is 0.330. The lowest BCUT2D eigenvalue weighted by atomic mass is 10.1. The predicted molar refractivity (Wildman–Crippen MR) is 60.1 cm³/mol. The van der Waals surface area contributed by atoms with Gasteiger partial charge in [-0.15, -0.1) is 0 Å². The SMILES string of the molecule is CN1CCN(C(=O)c2ccco2)C(CN)C1. The van der Waals surface area contributed by atoms with Gasteiger partial charge >= 0.3 is 0 Å². The molecule has 1 aromatic rings. The number of carbonyl (C=O) groups is 1. The van der Waals surface area contributed by atoms with Gasteiger partial charge in [0.25, 0.3) is 5.91 Å². The van der Waals surface area contributed by atoms with Gasteiger partial charge in [-0.05, 0) is 19.2 Å². The number of hydrogen-bond acceptors (Lipinski definition) is 4. The standard InChI is InChI=1S/C11H17N3O2/c1-13-4-5-14(9(7-12)8-13)11(15)10-3-2-6-16-10/h2-3,6,9H,4-5,7-8,12H2,1H3. The highest BCUT2D eigenvalue weighted by Gasteiger charge is 2.29. The van der Waals surface area contributed by atoms with Gasteiger partial charge in [-0.1, -0.05) is 0 Å². The van der Waals surface area contributed by atoms with Crippen molar-refractivity contribution in [2.24, 2.45) is 5.73 Å². The van der Waals surface area contributed by atoms with Crippen molar-refractivity contribution in [1.82, 2.24) is 9.80 Å². The molecule has 1 saturated heterocycles. The third kappa shape index (κ3) is 2.10. The number of hydrogen-bond donors (Lipinski definition) is 1. The smallest absolute Gasteiger partial charge is 0.289 e. The summed E-state index contributed by atoms with van der Waals surface area (Å²) >= 11 is 0. The molecule has 0 aromatic carbocycles. The van der Waals surface area contributed by atoms with Crippen molar-refractivity contribution in [2.45, 2.75) is 6.04 Å². The normalized spacial score (nSPS) is 22.4. The Morgan fingerprint density at radius 3 is 3.06 bits per heavy atom. The lowest BCUT2D eigenvalue weighted by Crippen LogP contribution is -2.56. The van der Waals surface area contributed by atoms with Gasteiger partial charge in [-0.25, -0.2) is 0 Å². The van der Waals surface area contributed by atoms with Crippen molar-refractivity contribution in [3.8, 4) is 0 Å². The first-order valence-corrected chi connectivity index (χ1v) is 5.45. The Kier molecular flexibility index (Phi) is 3.26. The Morgan fingerprint density at radius 2 is 2.44 bits per heavy atom. The Balaban J connectivity index is 2.10. The minimum Gasteiger partial charge on any atom is -0.459 e. The van der Waals surface area contributed by atoms with E-state index in [9.17, 15) is 4.79 Å². The Hall–Kier alpha value is -1.33. The summed E-state index contributed by atoms with van der Waals surface area (Å²) in [5.41, 5.74) is 5.70. The number of piperazine rings is 1. The molecule has 1 atom stereocenters. The molecule has 1 fully saturated rings. The van der Waals surface area contributed by atoms with E-state index in [1.807, 2.05) is 7.05 Å². The molecule has 2 N–H and O–H groups in total. The number of furan rings is 1. The molecule has 5 nitrogen and oxygen atoms in total. The Labute approximate surface area is 94.8 Å². The van der Waals surface area contributed by atoms with Crippen LogP contribution < -0.4 is 5.73 Å². The Bertz CT molecular complexity index is 350. The zero-order valence-electron chi connectivity index (χ0n) is 9.43. The average Bonchev–Trinajstić information content (AvgIpc) is 2.81. The van der Waals surface area contributed by atoms with Crippen LogP contribution in [0, 0.1) is 0 Å². The third-order valence-electron chi connectivity index (χ3n) is 2.95. The van der Waals surface area contributed by atoms with Crippen LogP contribution >= 0.6 is 0 Å². The monoisotopic (exact) mass is 223 g/mol. The van der Waals surface area contributed by atoms with E-state index in [0.717, 1.165) is 13.1 Å². The van der Waals surface area contributed by atoms with Crippen molar-refractivity contribution in [3.05, 3.63) is 24.2 Å². The van der Waals surface area contributed by atoms with E-state index in [4.69, 9.17) is 10.2 Å². The first-order chi connectivity index (χ1) is 7.72. The molecule has 0 bridgehead atoms. The number of carbonyl (C=O) groups excluding carboxylic acids is 1. The van der Waals surface area contributed by atoms with Gasteiger partial charge in [0.1, 0.15) is 0 Å². The summed E-state index contributed by atoms with van der Waals surface area (Å²) in [7, 11) is 2.04. The van der Waals surface area contributed by atoms with E-state index >= 15 is 0 Å². The van der Waals surface area contributed by atoms with E-state index in [2.05, 4.69) is 4.90 Å². The van der Waals surface area contributed by atoms with Crippen molar-refractivity contribution in [1.29, 1.82) is 0 Å². The summed E-state index contributed by atoms with van der Waals surface area (Å²) in [6.45, 7) is 2.89. The van der Waals surface area contributed by atoms with E-state index in [1.165, 1.54) is 6.26 Å². The van der Waals surface area contributed by atoms with Crippen LogP contribution in [0.1, 0.15) is 10.6 Å². The fraction of sp³-hybridized carbons (Fsp3) is 0.545. The lowest BCUT2D eigenvalue weighted by Gasteiger charge is -2.39. The fourth-order valence-electron chi connectivity index (χ4n) is 2.02. The molecule has 2 rings (SSSR count). The van der Waals surface area contributed by atoms with Crippen molar-refractivity contribution in [3.63, 3.8) is 0 Å². The molecule has 0 spiro atoms. The van der Waals surface area contributed by atoms with Crippen molar-refractivity contribution < 1.29 is 9.21 Å². The highest BCUT2D eigenvalue weighted by Crippen LogP contribution is 2.13. The first-order valence-electron chi connectivity index (χ1n) is 5.45. The largest absolute Gasteiger partial charge is 0.459 e. The van der Waals surface area contributed by atoms with Gasteiger partial charge < -0.3 is 20.0 Å². The van der Waals surface area contributed by atoms with Gasteiger partial charge in [-0.2, -0.15) is 0 Å². The van der Waals surface area contributed by atoms with Crippen LogP contribution in [0.4, 0.5) is 0 Å². The van der Waals surface area contributed by atoms with E-state index in [-0.39, 0.29) is 11.9 Å². The van der Waals surface area contributed by atoms with Crippen molar-refractivity contribution in [2.75, 3.05) is 33.2 Å². The van der Waals surface area contributed by atoms with Crippen LogP contribution in [0.5, 0.6) is 0 Å².